The lowest BCUT2D eigenvalue weighted by Gasteiger charge is -2.07. The van der Waals surface area contributed by atoms with Crippen LogP contribution < -0.4 is 10.6 Å². The van der Waals surface area contributed by atoms with Crippen LogP contribution >= 0.6 is 12.4 Å². The van der Waals surface area contributed by atoms with Crippen molar-refractivity contribution in [2.45, 2.75) is 24.9 Å². The van der Waals surface area contributed by atoms with Crippen LogP contribution in [0.2, 0.25) is 0 Å². The topological polar surface area (TPSA) is 75.3 Å². The van der Waals surface area contributed by atoms with Gasteiger partial charge in [0.25, 0.3) is 5.91 Å². The quantitative estimate of drug-likeness (QED) is 0.652. The molecule has 1 rings (SSSR count). The predicted molar refractivity (Wildman–Crippen MR) is 87.8 cm³/mol. The van der Waals surface area contributed by atoms with Crippen molar-refractivity contribution in [2.24, 2.45) is 0 Å². The molecular weight excluding hydrogens is 350 g/mol. The van der Waals surface area contributed by atoms with Gasteiger partial charge >= 0.3 is 5.76 Å². The molecule has 0 aliphatic rings. The van der Waals surface area contributed by atoms with Gasteiger partial charge in [0.2, 0.25) is 9.84 Å². The van der Waals surface area contributed by atoms with Crippen molar-refractivity contribution in [3.63, 3.8) is 0 Å². The highest BCUT2D eigenvalue weighted by Gasteiger charge is 2.24. The van der Waals surface area contributed by atoms with Crippen molar-refractivity contribution in [3.8, 4) is 0 Å². The summed E-state index contributed by atoms with van der Waals surface area (Å²) in [5.41, 5.74) is 0.579. The number of halogens is 3. The zero-order chi connectivity index (χ0) is 16.6. The maximum Gasteiger partial charge on any atom is 0.337 e. The maximum atomic E-state index is 12.3. The number of alkyl halides is 2. The monoisotopic (exact) mass is 370 g/mol. The minimum Gasteiger partial charge on any atom is -0.351 e. The summed E-state index contributed by atoms with van der Waals surface area (Å²) in [6, 6.07) is 5.57. The Morgan fingerprint density at radius 2 is 1.74 bits per heavy atom. The fourth-order valence-electron chi connectivity index (χ4n) is 1.72. The van der Waals surface area contributed by atoms with Gasteiger partial charge in [-0.15, -0.1) is 12.4 Å². The molecule has 0 bridgehead atoms. The second-order valence-corrected chi connectivity index (χ2v) is 6.74. The first-order valence-electron chi connectivity index (χ1n) is 6.94. The number of carbonyl (C=O) groups is 1. The Bertz CT molecular complexity index is 580. The first-order valence-corrected chi connectivity index (χ1v) is 8.66. The number of benzene rings is 1. The number of carbonyl (C=O) groups excluding carboxylic acids is 1. The van der Waals surface area contributed by atoms with E-state index in [-0.39, 0.29) is 23.9 Å². The van der Waals surface area contributed by atoms with E-state index in [0.717, 1.165) is 13.0 Å². The number of nitrogens with one attached hydrogen (secondary N) is 2. The number of hydrogen-bond acceptors (Lipinski definition) is 4. The van der Waals surface area contributed by atoms with Gasteiger partial charge in [-0.25, -0.2) is 8.42 Å². The van der Waals surface area contributed by atoms with E-state index in [0.29, 0.717) is 18.7 Å². The molecule has 1 amide bonds. The van der Waals surface area contributed by atoms with E-state index in [2.05, 4.69) is 10.6 Å². The van der Waals surface area contributed by atoms with Crippen molar-refractivity contribution in [1.82, 2.24) is 10.6 Å². The Kier molecular flexibility index (Phi) is 9.94. The Labute approximate surface area is 141 Å². The van der Waals surface area contributed by atoms with Crippen LogP contribution in [0.3, 0.4) is 0 Å². The highest BCUT2D eigenvalue weighted by Crippen LogP contribution is 2.14. The van der Waals surface area contributed by atoms with Crippen molar-refractivity contribution < 1.29 is 22.0 Å². The molecule has 9 heteroatoms. The molecule has 0 heterocycles. The van der Waals surface area contributed by atoms with Gasteiger partial charge < -0.3 is 10.6 Å². The average molecular weight is 371 g/mol. The van der Waals surface area contributed by atoms with Gasteiger partial charge in [-0.1, -0.05) is 19.1 Å². The van der Waals surface area contributed by atoms with Crippen LogP contribution in [-0.4, -0.2) is 39.7 Å². The summed E-state index contributed by atoms with van der Waals surface area (Å²) in [5.74, 6) is -4.43. The largest absolute Gasteiger partial charge is 0.351 e. The lowest BCUT2D eigenvalue weighted by atomic mass is 10.1. The third-order valence-corrected chi connectivity index (χ3v) is 4.15. The Morgan fingerprint density at radius 3 is 2.26 bits per heavy atom. The molecule has 23 heavy (non-hydrogen) atoms. The highest BCUT2D eigenvalue weighted by molar-refractivity contribution is 7.90. The van der Waals surface area contributed by atoms with E-state index in [1.54, 1.807) is 0 Å². The molecule has 2 N–H and O–H groups in total. The van der Waals surface area contributed by atoms with Crippen molar-refractivity contribution in [2.75, 3.05) is 19.6 Å². The second-order valence-electron chi connectivity index (χ2n) is 4.77. The van der Waals surface area contributed by atoms with Gasteiger partial charge in [0.15, 0.2) is 0 Å². The zero-order valence-corrected chi connectivity index (χ0v) is 14.4. The van der Waals surface area contributed by atoms with Crippen LogP contribution in [0.4, 0.5) is 8.78 Å². The van der Waals surface area contributed by atoms with Gasteiger partial charge in [-0.3, -0.25) is 4.79 Å². The minimum absolute atomic E-state index is 0. The van der Waals surface area contributed by atoms with E-state index in [1.807, 2.05) is 6.92 Å². The third kappa shape index (κ3) is 7.71. The van der Waals surface area contributed by atoms with Crippen LogP contribution in [0.25, 0.3) is 0 Å². The van der Waals surface area contributed by atoms with Crippen molar-refractivity contribution in [3.05, 3.63) is 35.4 Å². The molecule has 0 atom stereocenters. The molecule has 0 radical (unpaired) electrons. The molecule has 0 aliphatic carbocycles. The normalized spacial score (nSPS) is 11.1. The molecule has 5 nitrogen and oxygen atoms in total. The van der Waals surface area contributed by atoms with E-state index in [1.165, 1.54) is 24.3 Å². The SMILES string of the molecule is CCCNCCNC(=O)c1ccc(CS(=O)(=O)C(F)F)cc1.Cl. The van der Waals surface area contributed by atoms with Gasteiger partial charge in [-0.05, 0) is 30.7 Å². The summed E-state index contributed by atoms with van der Waals surface area (Å²) in [7, 11) is -4.45. The fourth-order valence-corrected chi connectivity index (χ4v) is 2.50. The van der Waals surface area contributed by atoms with E-state index in [4.69, 9.17) is 0 Å². The number of sulfone groups is 1. The molecule has 0 fully saturated rings. The van der Waals surface area contributed by atoms with Crippen molar-refractivity contribution in [1.29, 1.82) is 0 Å². The molecule has 0 spiro atoms. The minimum atomic E-state index is -4.45. The second kappa shape index (κ2) is 10.5. The smallest absolute Gasteiger partial charge is 0.337 e. The van der Waals surface area contributed by atoms with Gasteiger partial charge in [-0.2, -0.15) is 8.78 Å². The molecule has 1 aromatic rings. The first-order chi connectivity index (χ1) is 10.4. The Hall–Kier alpha value is -1.25. The first kappa shape index (κ1) is 21.8. The summed E-state index contributed by atoms with van der Waals surface area (Å²) >= 11 is 0. The summed E-state index contributed by atoms with van der Waals surface area (Å²) in [5, 5.41) is 5.84. The van der Waals surface area contributed by atoms with Gasteiger partial charge in [0.05, 0.1) is 5.75 Å². The molecule has 0 saturated carbocycles. The lowest BCUT2D eigenvalue weighted by Crippen LogP contribution is -2.32. The molecule has 0 aromatic heterocycles. The van der Waals surface area contributed by atoms with Crippen LogP contribution in [0.1, 0.15) is 29.3 Å². The predicted octanol–water partition coefficient (Wildman–Crippen LogP) is 1.98. The molecular formula is C14H21ClF2N2O3S. The molecule has 132 valence electrons. The molecule has 0 saturated heterocycles. The number of amides is 1. The van der Waals surface area contributed by atoms with Gasteiger partial charge in [0, 0.05) is 18.7 Å². The summed E-state index contributed by atoms with van der Waals surface area (Å²) in [4.78, 5) is 11.8. The number of hydrogen-bond donors (Lipinski definition) is 2. The van der Waals surface area contributed by atoms with Gasteiger partial charge in [0.1, 0.15) is 0 Å². The Balaban J connectivity index is 0.00000484. The molecule has 0 aliphatic heterocycles. The standard InChI is InChI=1S/C14H20F2N2O3S.ClH/c1-2-7-17-8-9-18-13(19)12-5-3-11(4-6-12)10-22(20,21)14(15)16;/h3-6,14,17H,2,7-10H2,1H3,(H,18,19);1H. The summed E-state index contributed by atoms with van der Waals surface area (Å²) in [6.45, 7) is 4.05. The van der Waals surface area contributed by atoms with E-state index in [9.17, 15) is 22.0 Å². The maximum absolute atomic E-state index is 12.3. The average Bonchev–Trinajstić information content (AvgIpc) is 2.47. The lowest BCUT2D eigenvalue weighted by molar-refractivity contribution is 0.0954. The van der Waals surface area contributed by atoms with E-state index >= 15 is 0 Å². The van der Waals surface area contributed by atoms with E-state index < -0.39 is 21.3 Å². The van der Waals surface area contributed by atoms with Crippen molar-refractivity contribution >= 4 is 28.2 Å². The highest BCUT2D eigenvalue weighted by atomic mass is 35.5. The number of rotatable bonds is 9. The van der Waals surface area contributed by atoms with Crippen LogP contribution in [0, 0.1) is 0 Å². The summed E-state index contributed by atoms with van der Waals surface area (Å²) in [6.07, 6.45) is 1.01. The van der Waals surface area contributed by atoms with Crippen LogP contribution in [-0.2, 0) is 15.6 Å². The Morgan fingerprint density at radius 1 is 1.13 bits per heavy atom. The third-order valence-electron chi connectivity index (χ3n) is 2.87. The zero-order valence-electron chi connectivity index (χ0n) is 12.7. The molecule has 1 aromatic carbocycles. The molecule has 0 unspecified atom stereocenters. The van der Waals surface area contributed by atoms with Crippen LogP contribution in [0.5, 0.6) is 0 Å². The fraction of sp³-hybridized carbons (Fsp3) is 0.500. The summed E-state index contributed by atoms with van der Waals surface area (Å²) < 4.78 is 46.8. The van der Waals surface area contributed by atoms with Crippen LogP contribution in [0.15, 0.2) is 24.3 Å².